The van der Waals surface area contributed by atoms with Crippen LogP contribution in [0.2, 0.25) is 0 Å². The molecule has 1 saturated heterocycles. The van der Waals surface area contributed by atoms with Crippen molar-refractivity contribution in [1.29, 1.82) is 0 Å². The zero-order valence-electron chi connectivity index (χ0n) is 12.1. The summed E-state index contributed by atoms with van der Waals surface area (Å²) in [6, 6.07) is 8.17. The molecule has 1 N–H and O–H groups in total. The molecule has 0 saturated carbocycles. The molecule has 0 spiro atoms. The summed E-state index contributed by atoms with van der Waals surface area (Å²) >= 11 is 0. The molecule has 1 atom stereocenters. The van der Waals surface area contributed by atoms with Crippen LogP contribution in [-0.2, 0) is 11.2 Å². The number of carbonyl (C=O) groups excluding carboxylic acids is 1. The highest BCUT2D eigenvalue weighted by molar-refractivity contribution is 5.85. The van der Waals surface area contributed by atoms with Crippen LogP contribution in [0.15, 0.2) is 24.3 Å². The number of rotatable bonds is 4. The predicted molar refractivity (Wildman–Crippen MR) is 82.6 cm³/mol. The van der Waals surface area contributed by atoms with Gasteiger partial charge in [-0.2, -0.15) is 0 Å². The molecule has 5 heteroatoms. The number of benzene rings is 1. The minimum absolute atomic E-state index is 0. The van der Waals surface area contributed by atoms with Crippen molar-refractivity contribution in [2.45, 2.75) is 26.3 Å². The van der Waals surface area contributed by atoms with Gasteiger partial charge in [0.05, 0.1) is 13.0 Å². The Bertz CT molecular complexity index is 422. The standard InChI is InChI=1S/C15H22N2O2.ClH/c1-3-19-14-6-4-13(5-7-14)10-15(18)17-9-8-16-12(2)11-17;/h4-7,12,16H,3,8-11H2,1-2H3;1H. The molecule has 1 heterocycles. The summed E-state index contributed by atoms with van der Waals surface area (Å²) in [5.41, 5.74) is 1.04. The molecule has 2 rings (SSSR count). The van der Waals surface area contributed by atoms with Crippen LogP contribution in [-0.4, -0.2) is 43.1 Å². The van der Waals surface area contributed by atoms with Crippen LogP contribution < -0.4 is 10.1 Å². The number of piperazine rings is 1. The summed E-state index contributed by atoms with van der Waals surface area (Å²) < 4.78 is 5.39. The molecule has 1 unspecified atom stereocenters. The molecule has 20 heavy (non-hydrogen) atoms. The molecule has 0 bridgehead atoms. The van der Waals surface area contributed by atoms with Gasteiger partial charge in [-0.15, -0.1) is 12.4 Å². The molecule has 112 valence electrons. The Morgan fingerprint density at radius 1 is 1.40 bits per heavy atom. The van der Waals surface area contributed by atoms with Crippen LogP contribution in [0.25, 0.3) is 0 Å². The third kappa shape index (κ3) is 4.69. The van der Waals surface area contributed by atoms with Crippen LogP contribution in [0.4, 0.5) is 0 Å². The summed E-state index contributed by atoms with van der Waals surface area (Å²) in [4.78, 5) is 14.1. The highest BCUT2D eigenvalue weighted by Gasteiger charge is 2.20. The van der Waals surface area contributed by atoms with Crippen molar-refractivity contribution >= 4 is 18.3 Å². The normalized spacial score (nSPS) is 18.3. The highest BCUT2D eigenvalue weighted by Crippen LogP contribution is 2.13. The van der Waals surface area contributed by atoms with Crippen molar-refractivity contribution in [2.24, 2.45) is 0 Å². The number of hydrogen-bond donors (Lipinski definition) is 1. The summed E-state index contributed by atoms with van der Waals surface area (Å²) in [7, 11) is 0. The Labute approximate surface area is 126 Å². The van der Waals surface area contributed by atoms with Gasteiger partial charge in [0.15, 0.2) is 0 Å². The van der Waals surface area contributed by atoms with Crippen molar-refractivity contribution in [3.05, 3.63) is 29.8 Å². The fourth-order valence-corrected chi connectivity index (χ4v) is 2.32. The molecule has 1 aliphatic rings. The first-order valence-electron chi connectivity index (χ1n) is 6.92. The first-order valence-corrected chi connectivity index (χ1v) is 6.92. The lowest BCUT2D eigenvalue weighted by atomic mass is 10.1. The van der Waals surface area contributed by atoms with Crippen LogP contribution in [0.1, 0.15) is 19.4 Å². The maximum absolute atomic E-state index is 12.2. The first kappa shape index (κ1) is 16.8. The molecular weight excluding hydrogens is 276 g/mol. The van der Waals surface area contributed by atoms with E-state index in [0.717, 1.165) is 30.9 Å². The number of ether oxygens (including phenoxy) is 1. The van der Waals surface area contributed by atoms with Crippen molar-refractivity contribution in [3.63, 3.8) is 0 Å². The van der Waals surface area contributed by atoms with Gasteiger partial charge in [0, 0.05) is 25.7 Å². The van der Waals surface area contributed by atoms with E-state index in [2.05, 4.69) is 12.2 Å². The van der Waals surface area contributed by atoms with E-state index in [1.54, 1.807) is 0 Å². The van der Waals surface area contributed by atoms with E-state index in [1.165, 1.54) is 0 Å². The van der Waals surface area contributed by atoms with E-state index in [0.29, 0.717) is 19.1 Å². The van der Waals surface area contributed by atoms with Gasteiger partial charge >= 0.3 is 0 Å². The lowest BCUT2D eigenvalue weighted by molar-refractivity contribution is -0.131. The SMILES string of the molecule is CCOc1ccc(CC(=O)N2CCNC(C)C2)cc1.Cl. The quantitative estimate of drug-likeness (QED) is 0.923. The molecular formula is C15H23ClN2O2. The maximum Gasteiger partial charge on any atom is 0.227 e. The molecule has 1 amide bonds. The van der Waals surface area contributed by atoms with Crippen molar-refractivity contribution in [1.82, 2.24) is 10.2 Å². The van der Waals surface area contributed by atoms with Crippen LogP contribution in [0.3, 0.4) is 0 Å². The number of amides is 1. The van der Waals surface area contributed by atoms with Crippen LogP contribution >= 0.6 is 12.4 Å². The number of halogens is 1. The fraction of sp³-hybridized carbons (Fsp3) is 0.533. The number of hydrogen-bond acceptors (Lipinski definition) is 3. The zero-order chi connectivity index (χ0) is 13.7. The smallest absolute Gasteiger partial charge is 0.227 e. The monoisotopic (exact) mass is 298 g/mol. The van der Waals surface area contributed by atoms with Crippen molar-refractivity contribution in [3.8, 4) is 5.75 Å². The molecule has 0 radical (unpaired) electrons. The van der Waals surface area contributed by atoms with E-state index >= 15 is 0 Å². The lowest BCUT2D eigenvalue weighted by Gasteiger charge is -2.32. The second kappa shape index (κ2) is 8.12. The average Bonchev–Trinajstić information content (AvgIpc) is 2.41. The van der Waals surface area contributed by atoms with Gasteiger partial charge < -0.3 is 15.0 Å². The van der Waals surface area contributed by atoms with E-state index in [-0.39, 0.29) is 18.3 Å². The highest BCUT2D eigenvalue weighted by atomic mass is 35.5. The van der Waals surface area contributed by atoms with Gasteiger partial charge in [0.25, 0.3) is 0 Å². The minimum Gasteiger partial charge on any atom is -0.494 e. The molecule has 1 aromatic carbocycles. The molecule has 1 fully saturated rings. The molecule has 1 aromatic rings. The van der Waals surface area contributed by atoms with Crippen LogP contribution in [0, 0.1) is 0 Å². The van der Waals surface area contributed by atoms with Crippen molar-refractivity contribution < 1.29 is 9.53 Å². The van der Waals surface area contributed by atoms with E-state index in [9.17, 15) is 4.79 Å². The lowest BCUT2D eigenvalue weighted by Crippen LogP contribution is -2.51. The van der Waals surface area contributed by atoms with Gasteiger partial charge in [-0.1, -0.05) is 12.1 Å². The minimum atomic E-state index is 0. The summed E-state index contributed by atoms with van der Waals surface area (Å²) in [6.45, 7) is 7.22. The van der Waals surface area contributed by atoms with Gasteiger partial charge in [-0.05, 0) is 31.5 Å². The average molecular weight is 299 g/mol. The fourth-order valence-electron chi connectivity index (χ4n) is 2.32. The van der Waals surface area contributed by atoms with E-state index in [4.69, 9.17) is 4.74 Å². The van der Waals surface area contributed by atoms with Gasteiger partial charge in [-0.25, -0.2) is 0 Å². The van der Waals surface area contributed by atoms with Crippen molar-refractivity contribution in [2.75, 3.05) is 26.2 Å². The molecule has 0 aromatic heterocycles. The summed E-state index contributed by atoms with van der Waals surface area (Å²) in [5, 5.41) is 3.34. The number of nitrogens with one attached hydrogen (secondary N) is 1. The number of nitrogens with zero attached hydrogens (tertiary/aromatic N) is 1. The zero-order valence-corrected chi connectivity index (χ0v) is 12.9. The Kier molecular flexibility index (Phi) is 6.82. The first-order chi connectivity index (χ1) is 9.19. The largest absolute Gasteiger partial charge is 0.494 e. The third-order valence-corrected chi connectivity index (χ3v) is 3.31. The summed E-state index contributed by atoms with van der Waals surface area (Å²) in [6.07, 6.45) is 0.471. The second-order valence-corrected chi connectivity index (χ2v) is 4.95. The number of carbonyl (C=O) groups is 1. The Balaban J connectivity index is 0.00000200. The maximum atomic E-state index is 12.2. The Hall–Kier alpha value is -1.26. The van der Waals surface area contributed by atoms with E-state index in [1.807, 2.05) is 36.1 Å². The predicted octanol–water partition coefficient (Wildman–Crippen LogP) is 1.87. The third-order valence-electron chi connectivity index (χ3n) is 3.31. The second-order valence-electron chi connectivity index (χ2n) is 4.95. The van der Waals surface area contributed by atoms with Gasteiger partial charge in [0.2, 0.25) is 5.91 Å². The Morgan fingerprint density at radius 2 is 2.10 bits per heavy atom. The van der Waals surface area contributed by atoms with Gasteiger partial charge in [0.1, 0.15) is 5.75 Å². The Morgan fingerprint density at radius 3 is 2.70 bits per heavy atom. The van der Waals surface area contributed by atoms with E-state index < -0.39 is 0 Å². The van der Waals surface area contributed by atoms with Gasteiger partial charge in [-0.3, -0.25) is 4.79 Å². The molecule has 4 nitrogen and oxygen atoms in total. The topological polar surface area (TPSA) is 41.6 Å². The van der Waals surface area contributed by atoms with Crippen LogP contribution in [0.5, 0.6) is 5.75 Å². The summed E-state index contributed by atoms with van der Waals surface area (Å²) in [5.74, 6) is 1.06. The molecule has 0 aliphatic carbocycles. The molecule has 1 aliphatic heterocycles.